The van der Waals surface area contributed by atoms with Crippen LogP contribution >= 0.6 is 0 Å². The molecule has 1 aliphatic heterocycles. The summed E-state index contributed by atoms with van der Waals surface area (Å²) in [5.74, 6) is 0. The Labute approximate surface area is 76.5 Å². The minimum Gasteiger partial charge on any atom is -0.442 e. The first kappa shape index (κ1) is 10.3. The topological polar surface area (TPSA) is 72.9 Å². The highest BCUT2D eigenvalue weighted by Crippen LogP contribution is 2.09. The van der Waals surface area contributed by atoms with E-state index in [0.717, 1.165) is 6.26 Å². The Bertz CT molecular complexity index is 298. The van der Waals surface area contributed by atoms with Crippen LogP contribution in [0.15, 0.2) is 0 Å². The van der Waals surface area contributed by atoms with E-state index in [9.17, 15) is 13.2 Å². The summed E-state index contributed by atoms with van der Waals surface area (Å²) in [4.78, 5) is 12.2. The summed E-state index contributed by atoms with van der Waals surface area (Å²) < 4.78 is 30.4. The molecule has 0 aromatic carbocycles. The maximum Gasteiger partial charge on any atom is 0.410 e. The van der Waals surface area contributed by atoms with Crippen LogP contribution in [0, 0.1) is 0 Å². The van der Waals surface area contributed by atoms with Gasteiger partial charge in [0.05, 0.1) is 12.8 Å². The molecule has 1 heterocycles. The Balaban J connectivity index is 2.37. The molecule has 0 unspecified atom stereocenters. The number of nitrogens with zero attached hydrogens (tertiary/aromatic N) is 1. The molecule has 1 saturated heterocycles. The van der Waals surface area contributed by atoms with Gasteiger partial charge in [0.25, 0.3) is 10.1 Å². The van der Waals surface area contributed by atoms with Crippen LogP contribution < -0.4 is 0 Å². The summed E-state index contributed by atoms with van der Waals surface area (Å²) >= 11 is 0. The molecule has 0 bridgehead atoms. The number of carbonyl (C=O) groups excluding carboxylic acids is 1. The second kappa shape index (κ2) is 3.51. The lowest BCUT2D eigenvalue weighted by atomic mass is 10.4. The zero-order valence-corrected chi connectivity index (χ0v) is 8.20. The van der Waals surface area contributed by atoms with Crippen LogP contribution in [-0.2, 0) is 19.0 Å². The lowest BCUT2D eigenvalue weighted by molar-refractivity contribution is 0.105. The molecule has 0 aromatic heterocycles. The van der Waals surface area contributed by atoms with Crippen molar-refractivity contribution in [1.29, 1.82) is 0 Å². The van der Waals surface area contributed by atoms with Gasteiger partial charge in [0.1, 0.15) is 12.7 Å². The first-order valence-corrected chi connectivity index (χ1v) is 5.46. The monoisotopic (exact) mass is 209 g/mol. The van der Waals surface area contributed by atoms with E-state index in [1.165, 1.54) is 4.90 Å². The van der Waals surface area contributed by atoms with Gasteiger partial charge in [0.2, 0.25) is 0 Å². The van der Waals surface area contributed by atoms with Crippen molar-refractivity contribution in [1.82, 2.24) is 4.90 Å². The fourth-order valence-corrected chi connectivity index (χ4v) is 1.33. The third kappa shape index (κ3) is 3.19. The molecule has 1 amide bonds. The van der Waals surface area contributed by atoms with E-state index in [4.69, 9.17) is 4.74 Å². The Morgan fingerprint density at radius 3 is 2.69 bits per heavy atom. The van der Waals surface area contributed by atoms with E-state index in [-0.39, 0.29) is 6.61 Å². The van der Waals surface area contributed by atoms with Crippen LogP contribution in [0.2, 0.25) is 0 Å². The molecule has 1 atom stereocenters. The van der Waals surface area contributed by atoms with Gasteiger partial charge in [-0.1, -0.05) is 0 Å². The SMILES string of the molecule is CN1C[C@@H](COS(C)(=O)=O)OC1=O. The average Bonchev–Trinajstić information content (AvgIpc) is 2.27. The fourth-order valence-electron chi connectivity index (χ4n) is 0.936. The third-order valence-corrected chi connectivity index (χ3v) is 2.09. The summed E-state index contributed by atoms with van der Waals surface area (Å²) in [6.07, 6.45) is 0.00217. The normalized spacial score (nSPS) is 23.4. The molecule has 0 aromatic rings. The first-order chi connectivity index (χ1) is 5.88. The van der Waals surface area contributed by atoms with Crippen LogP contribution in [0.25, 0.3) is 0 Å². The number of rotatable bonds is 3. The molecule has 1 fully saturated rings. The smallest absolute Gasteiger partial charge is 0.410 e. The van der Waals surface area contributed by atoms with Gasteiger partial charge in [-0.2, -0.15) is 8.42 Å². The zero-order chi connectivity index (χ0) is 10.1. The van der Waals surface area contributed by atoms with Gasteiger partial charge in [-0.15, -0.1) is 0 Å². The van der Waals surface area contributed by atoms with E-state index in [1.54, 1.807) is 7.05 Å². The second-order valence-corrected chi connectivity index (χ2v) is 4.52. The Hall–Kier alpha value is -0.820. The number of carbonyl (C=O) groups is 1. The molecule has 0 N–H and O–H groups in total. The number of amides is 1. The van der Waals surface area contributed by atoms with Crippen molar-refractivity contribution < 1.29 is 22.1 Å². The lowest BCUT2D eigenvalue weighted by Crippen LogP contribution is -2.23. The zero-order valence-electron chi connectivity index (χ0n) is 7.39. The van der Waals surface area contributed by atoms with E-state index in [0.29, 0.717) is 6.54 Å². The van der Waals surface area contributed by atoms with E-state index < -0.39 is 22.3 Å². The molecule has 0 radical (unpaired) electrons. The second-order valence-electron chi connectivity index (χ2n) is 2.87. The molecule has 1 aliphatic rings. The van der Waals surface area contributed by atoms with E-state index in [2.05, 4.69) is 4.18 Å². The van der Waals surface area contributed by atoms with E-state index in [1.807, 2.05) is 0 Å². The number of hydrogen-bond donors (Lipinski definition) is 0. The summed E-state index contributed by atoms with van der Waals surface area (Å²) in [7, 11) is -1.88. The van der Waals surface area contributed by atoms with Crippen LogP contribution in [-0.4, -0.2) is 52.0 Å². The van der Waals surface area contributed by atoms with Gasteiger partial charge in [-0.05, 0) is 0 Å². The molecular formula is C6H11NO5S. The third-order valence-electron chi connectivity index (χ3n) is 1.52. The molecule has 7 heteroatoms. The van der Waals surface area contributed by atoms with Crippen molar-refractivity contribution in [2.75, 3.05) is 26.5 Å². The highest BCUT2D eigenvalue weighted by Gasteiger charge is 2.29. The number of ether oxygens (including phenoxy) is 1. The summed E-state index contributed by atoms with van der Waals surface area (Å²) in [5.41, 5.74) is 0. The average molecular weight is 209 g/mol. The minimum absolute atomic E-state index is 0.116. The molecule has 13 heavy (non-hydrogen) atoms. The van der Waals surface area contributed by atoms with Gasteiger partial charge in [0.15, 0.2) is 0 Å². The molecule has 76 valence electrons. The van der Waals surface area contributed by atoms with Crippen LogP contribution in [0.4, 0.5) is 4.79 Å². The van der Waals surface area contributed by atoms with Crippen LogP contribution in [0.5, 0.6) is 0 Å². The molecule has 0 aliphatic carbocycles. The summed E-state index contributed by atoms with van der Waals surface area (Å²) in [5, 5.41) is 0. The summed E-state index contributed by atoms with van der Waals surface area (Å²) in [6, 6.07) is 0. The molecule has 1 rings (SSSR count). The largest absolute Gasteiger partial charge is 0.442 e. The van der Waals surface area contributed by atoms with Gasteiger partial charge >= 0.3 is 6.09 Å². The Morgan fingerprint density at radius 1 is 1.69 bits per heavy atom. The van der Waals surface area contributed by atoms with Crippen molar-refractivity contribution in [3.63, 3.8) is 0 Å². The van der Waals surface area contributed by atoms with Crippen LogP contribution in [0.3, 0.4) is 0 Å². The maximum atomic E-state index is 10.8. The first-order valence-electron chi connectivity index (χ1n) is 3.64. The highest BCUT2D eigenvalue weighted by atomic mass is 32.2. The summed E-state index contributed by atoms with van der Waals surface area (Å²) in [6.45, 7) is 0.239. The minimum atomic E-state index is -3.46. The van der Waals surface area contributed by atoms with Gasteiger partial charge < -0.3 is 9.64 Å². The molecule has 0 saturated carbocycles. The quantitative estimate of drug-likeness (QED) is 0.581. The fraction of sp³-hybridized carbons (Fsp3) is 0.833. The van der Waals surface area contributed by atoms with Gasteiger partial charge in [-0.3, -0.25) is 4.18 Å². The van der Waals surface area contributed by atoms with Crippen molar-refractivity contribution in [3.05, 3.63) is 0 Å². The van der Waals surface area contributed by atoms with Crippen molar-refractivity contribution in [2.45, 2.75) is 6.10 Å². The van der Waals surface area contributed by atoms with Gasteiger partial charge in [-0.25, -0.2) is 4.79 Å². The standard InChI is InChI=1S/C6H11NO5S/c1-7-3-5(12-6(7)8)4-11-13(2,9)10/h5H,3-4H2,1-2H3/t5-/m0/s1. The van der Waals surface area contributed by atoms with E-state index >= 15 is 0 Å². The van der Waals surface area contributed by atoms with Crippen molar-refractivity contribution >= 4 is 16.2 Å². The van der Waals surface area contributed by atoms with Crippen LogP contribution in [0.1, 0.15) is 0 Å². The number of hydrogen-bond acceptors (Lipinski definition) is 5. The highest BCUT2D eigenvalue weighted by molar-refractivity contribution is 7.85. The lowest BCUT2D eigenvalue weighted by Gasteiger charge is -2.06. The predicted octanol–water partition coefficient (Wildman–Crippen LogP) is -0.587. The van der Waals surface area contributed by atoms with Crippen molar-refractivity contribution in [2.24, 2.45) is 0 Å². The predicted molar refractivity (Wildman–Crippen MR) is 43.7 cm³/mol. The molecule has 0 spiro atoms. The molecule has 6 nitrogen and oxygen atoms in total. The Kier molecular flexibility index (Phi) is 2.77. The van der Waals surface area contributed by atoms with Gasteiger partial charge in [0, 0.05) is 7.05 Å². The maximum absolute atomic E-state index is 10.8. The molecular weight excluding hydrogens is 198 g/mol. The number of likely N-dealkylation sites (N-methyl/N-ethyl adjacent to an activating group) is 1. The van der Waals surface area contributed by atoms with Crippen molar-refractivity contribution in [3.8, 4) is 0 Å². The Morgan fingerprint density at radius 2 is 2.31 bits per heavy atom. The number of cyclic esters (lactones) is 1.